The number of nitrogens with zero attached hydrogens (tertiary/aromatic N) is 2. The Morgan fingerprint density at radius 1 is 1.00 bits per heavy atom. The van der Waals surface area contributed by atoms with Crippen LogP contribution in [0.25, 0.3) is 5.57 Å². The molecule has 200 valence electrons. The summed E-state index contributed by atoms with van der Waals surface area (Å²) in [5.74, 6) is 0.0319. The van der Waals surface area contributed by atoms with E-state index in [0.717, 1.165) is 28.9 Å². The average molecular weight is 535 g/mol. The first-order valence-corrected chi connectivity index (χ1v) is 13.1. The number of allylic oxidation sites excluding steroid dienone is 2. The highest BCUT2D eigenvalue weighted by molar-refractivity contribution is 6.14. The number of oxime groups is 1. The van der Waals surface area contributed by atoms with Crippen LogP contribution in [0.4, 0.5) is 5.69 Å². The Bertz CT molecular complexity index is 1620. The summed E-state index contributed by atoms with van der Waals surface area (Å²) in [6.07, 6.45) is 4.57. The largest absolute Gasteiger partial charge is 0.486 e. The molecule has 6 rings (SSSR count). The molecule has 1 atom stereocenters. The molecule has 0 amide bonds. The lowest BCUT2D eigenvalue weighted by molar-refractivity contribution is -0.140. The van der Waals surface area contributed by atoms with Gasteiger partial charge in [-0.2, -0.15) is 0 Å². The third kappa shape index (κ3) is 4.47. The SMILES string of the molecule is CCN1c2ccc3c(c2C2=CC(C(=O)c4ccc(C(=O)Oc5ccccc5)cc4)=CCC21)OC/C3=N\OC(C)=O. The van der Waals surface area contributed by atoms with Gasteiger partial charge in [0.15, 0.2) is 5.78 Å². The van der Waals surface area contributed by atoms with Crippen molar-refractivity contribution >= 4 is 34.7 Å². The highest BCUT2D eigenvalue weighted by Gasteiger charge is 2.40. The number of hydrogen-bond donors (Lipinski definition) is 0. The van der Waals surface area contributed by atoms with Gasteiger partial charge >= 0.3 is 11.9 Å². The zero-order chi connectivity index (χ0) is 27.8. The van der Waals surface area contributed by atoms with E-state index in [9.17, 15) is 14.4 Å². The van der Waals surface area contributed by atoms with E-state index >= 15 is 0 Å². The van der Waals surface area contributed by atoms with Crippen molar-refractivity contribution in [3.05, 3.63) is 107 Å². The molecule has 0 fully saturated rings. The molecule has 2 heterocycles. The van der Waals surface area contributed by atoms with Gasteiger partial charge in [0.25, 0.3) is 0 Å². The smallest absolute Gasteiger partial charge is 0.343 e. The number of ketones is 1. The van der Waals surface area contributed by atoms with Gasteiger partial charge in [-0.1, -0.05) is 41.6 Å². The topological polar surface area (TPSA) is 94.5 Å². The zero-order valence-corrected chi connectivity index (χ0v) is 22.0. The molecule has 0 saturated carbocycles. The number of ether oxygens (including phenoxy) is 2. The number of likely N-dealkylation sites (N-methyl/N-ethyl adjacent to an activating group) is 1. The van der Waals surface area contributed by atoms with Crippen molar-refractivity contribution in [3.63, 3.8) is 0 Å². The number of Topliss-reactive ketones (excluding diaryl/α,β-unsaturated/α-hetero) is 1. The number of rotatable bonds is 6. The molecular formula is C32H26N2O6. The lowest BCUT2D eigenvalue weighted by atomic mass is 9.88. The molecule has 0 radical (unpaired) electrons. The van der Waals surface area contributed by atoms with Crippen LogP contribution in [0.1, 0.15) is 52.1 Å². The van der Waals surface area contributed by atoms with Crippen LogP contribution in [0.5, 0.6) is 11.5 Å². The fourth-order valence-electron chi connectivity index (χ4n) is 5.40. The minimum Gasteiger partial charge on any atom is -0.486 e. The summed E-state index contributed by atoms with van der Waals surface area (Å²) in [6.45, 7) is 4.39. The maximum absolute atomic E-state index is 13.5. The van der Waals surface area contributed by atoms with Gasteiger partial charge in [-0.15, -0.1) is 0 Å². The molecule has 0 N–H and O–H groups in total. The summed E-state index contributed by atoms with van der Waals surface area (Å²) < 4.78 is 11.4. The first kappa shape index (κ1) is 25.3. The molecule has 1 aliphatic carbocycles. The van der Waals surface area contributed by atoms with Crippen molar-refractivity contribution in [1.29, 1.82) is 0 Å². The van der Waals surface area contributed by atoms with Crippen molar-refractivity contribution in [1.82, 2.24) is 0 Å². The lowest BCUT2D eigenvalue weighted by Gasteiger charge is -2.27. The van der Waals surface area contributed by atoms with Crippen molar-refractivity contribution in [2.24, 2.45) is 5.16 Å². The zero-order valence-electron chi connectivity index (χ0n) is 22.0. The highest BCUT2D eigenvalue weighted by Crippen LogP contribution is 2.51. The number of anilines is 1. The Morgan fingerprint density at radius 3 is 2.48 bits per heavy atom. The third-order valence-electron chi connectivity index (χ3n) is 7.23. The first-order chi connectivity index (χ1) is 19.4. The third-order valence-corrected chi connectivity index (χ3v) is 7.23. The normalized spacial score (nSPS) is 17.7. The summed E-state index contributed by atoms with van der Waals surface area (Å²) in [5, 5.41) is 3.97. The molecule has 0 saturated heterocycles. The Labute approximate surface area is 231 Å². The summed E-state index contributed by atoms with van der Waals surface area (Å²) in [4.78, 5) is 44.5. The van der Waals surface area contributed by atoms with E-state index in [1.54, 1.807) is 48.5 Å². The maximum atomic E-state index is 13.5. The number of esters is 1. The second-order valence-electron chi connectivity index (χ2n) is 9.65. The molecular weight excluding hydrogens is 508 g/mol. The Morgan fingerprint density at radius 2 is 1.75 bits per heavy atom. The monoisotopic (exact) mass is 534 g/mol. The van der Waals surface area contributed by atoms with Crippen LogP contribution < -0.4 is 14.4 Å². The van der Waals surface area contributed by atoms with Gasteiger partial charge < -0.3 is 19.2 Å². The van der Waals surface area contributed by atoms with Gasteiger partial charge in [0.2, 0.25) is 0 Å². The van der Waals surface area contributed by atoms with E-state index in [1.807, 2.05) is 30.4 Å². The Kier molecular flexibility index (Phi) is 6.51. The molecule has 2 aliphatic heterocycles. The molecule has 3 aliphatic rings. The number of carbonyl (C=O) groups is 3. The van der Waals surface area contributed by atoms with Crippen LogP contribution in [0, 0.1) is 0 Å². The summed E-state index contributed by atoms with van der Waals surface area (Å²) in [6, 6.07) is 19.4. The number of benzene rings is 3. The summed E-state index contributed by atoms with van der Waals surface area (Å²) in [5.41, 5.74) is 5.74. The van der Waals surface area contributed by atoms with Crippen LogP contribution in [-0.2, 0) is 9.63 Å². The standard InChI is InChI=1S/C32H26N2O6/c1-3-34-27-15-13-22(30(36)20-9-11-21(12-10-20)32(37)39-23-7-5-4-6-8-23)17-25(27)29-28(34)16-14-24-26(18-38-31(24)29)33-40-19(2)35/h4-14,16-17,27H,3,15,18H2,1-2H3/b33-26+. The molecule has 8 nitrogen and oxygen atoms in total. The van der Waals surface area contributed by atoms with Gasteiger partial charge in [0, 0.05) is 41.4 Å². The minimum atomic E-state index is -0.497. The van der Waals surface area contributed by atoms with Gasteiger partial charge in [-0.05, 0) is 61.4 Å². The quantitative estimate of drug-likeness (QED) is 0.138. The van der Waals surface area contributed by atoms with Gasteiger partial charge in [0.1, 0.15) is 23.8 Å². The highest BCUT2D eigenvalue weighted by atomic mass is 16.7. The lowest BCUT2D eigenvalue weighted by Crippen LogP contribution is -2.32. The Hall–Kier alpha value is -4.98. The molecule has 1 unspecified atom stereocenters. The number of carbonyl (C=O) groups excluding carboxylic acids is 3. The van der Waals surface area contributed by atoms with E-state index in [2.05, 4.69) is 17.0 Å². The first-order valence-electron chi connectivity index (χ1n) is 13.1. The van der Waals surface area contributed by atoms with Gasteiger partial charge in [-0.25, -0.2) is 9.59 Å². The molecule has 3 aromatic rings. The molecule has 40 heavy (non-hydrogen) atoms. The summed E-state index contributed by atoms with van der Waals surface area (Å²) in [7, 11) is 0. The fourth-order valence-corrected chi connectivity index (χ4v) is 5.40. The van der Waals surface area contributed by atoms with Crippen molar-refractivity contribution in [3.8, 4) is 11.5 Å². The van der Waals surface area contributed by atoms with Crippen molar-refractivity contribution < 1.29 is 28.7 Å². The average Bonchev–Trinajstić information content (AvgIpc) is 3.54. The van der Waals surface area contributed by atoms with E-state index in [1.165, 1.54) is 6.92 Å². The van der Waals surface area contributed by atoms with E-state index in [-0.39, 0.29) is 18.4 Å². The van der Waals surface area contributed by atoms with Crippen molar-refractivity contribution in [2.45, 2.75) is 26.3 Å². The Balaban J connectivity index is 1.27. The second kappa shape index (κ2) is 10.3. The van der Waals surface area contributed by atoms with Crippen LogP contribution in [0.3, 0.4) is 0 Å². The van der Waals surface area contributed by atoms with Crippen LogP contribution in [0.15, 0.2) is 89.6 Å². The van der Waals surface area contributed by atoms with E-state index in [0.29, 0.717) is 40.3 Å². The number of para-hydroxylation sites is 1. The predicted octanol–water partition coefficient (Wildman–Crippen LogP) is 5.37. The molecule has 0 spiro atoms. The fraction of sp³-hybridized carbons (Fsp3) is 0.188. The predicted molar refractivity (Wildman–Crippen MR) is 150 cm³/mol. The van der Waals surface area contributed by atoms with E-state index < -0.39 is 11.9 Å². The number of hydrogen-bond acceptors (Lipinski definition) is 8. The molecule has 0 aromatic heterocycles. The van der Waals surface area contributed by atoms with E-state index in [4.69, 9.17) is 14.3 Å². The van der Waals surface area contributed by atoms with Crippen LogP contribution >= 0.6 is 0 Å². The van der Waals surface area contributed by atoms with Crippen molar-refractivity contribution in [2.75, 3.05) is 18.1 Å². The summed E-state index contributed by atoms with van der Waals surface area (Å²) >= 11 is 0. The van der Waals surface area contributed by atoms with Crippen LogP contribution in [0.2, 0.25) is 0 Å². The second-order valence-corrected chi connectivity index (χ2v) is 9.65. The molecule has 8 heteroatoms. The molecule has 3 aromatic carbocycles. The van der Waals surface area contributed by atoms with Gasteiger partial charge in [-0.3, -0.25) is 4.79 Å². The maximum Gasteiger partial charge on any atom is 0.343 e. The van der Waals surface area contributed by atoms with Gasteiger partial charge in [0.05, 0.1) is 11.6 Å². The number of fused-ring (bicyclic) bond motifs is 5. The molecule has 0 bridgehead atoms. The minimum absolute atomic E-state index is 0.0799. The van der Waals surface area contributed by atoms with Crippen LogP contribution in [-0.4, -0.2) is 42.6 Å².